The predicted molar refractivity (Wildman–Crippen MR) is 101 cm³/mol. The quantitative estimate of drug-likeness (QED) is 0.846. The predicted octanol–water partition coefficient (Wildman–Crippen LogP) is 3.48. The molecule has 5 atom stereocenters. The summed E-state index contributed by atoms with van der Waals surface area (Å²) in [4.78, 5) is 28.9. The van der Waals surface area contributed by atoms with E-state index in [1.54, 1.807) is 10.6 Å². The Labute approximate surface area is 158 Å². The van der Waals surface area contributed by atoms with Crippen molar-refractivity contribution in [2.75, 3.05) is 6.54 Å². The molecule has 140 valence electrons. The van der Waals surface area contributed by atoms with Crippen LogP contribution in [-0.2, 0) is 0 Å². The highest BCUT2D eigenvalue weighted by Crippen LogP contribution is 2.78. The number of ketones is 1. The monoisotopic (exact) mass is 363 g/mol. The fourth-order valence-corrected chi connectivity index (χ4v) is 7.47. The highest BCUT2D eigenvalue weighted by Gasteiger charge is 2.70. The molecule has 0 aromatic carbocycles. The molecule has 3 bridgehead atoms. The number of nitrogens with zero attached hydrogens (tertiary/aromatic N) is 2. The number of imidazole rings is 1. The number of carbonyl (C=O) groups excluding carboxylic acids is 2. The number of fused-ring (bicyclic) bond motifs is 3. The number of aromatic nitrogens is 2. The maximum Gasteiger partial charge on any atom is 0.268 e. The Bertz CT molecular complexity index is 991. The first-order valence-corrected chi connectivity index (χ1v) is 10.3. The summed E-state index contributed by atoms with van der Waals surface area (Å²) in [6.45, 7) is 2.29. The summed E-state index contributed by atoms with van der Waals surface area (Å²) in [6.07, 6.45) is 9.94. The number of amides is 1. The Balaban J connectivity index is 1.25. The number of Topliss-reactive ketones (excluding diaryl/α,β-unsaturated/α-hetero) is 1. The highest BCUT2D eigenvalue weighted by atomic mass is 16.2. The van der Waals surface area contributed by atoms with Crippen molar-refractivity contribution in [3.05, 3.63) is 35.8 Å². The number of carbonyl (C=O) groups is 2. The van der Waals surface area contributed by atoms with Gasteiger partial charge in [-0.2, -0.15) is 0 Å². The van der Waals surface area contributed by atoms with Crippen molar-refractivity contribution < 1.29 is 9.59 Å². The van der Waals surface area contributed by atoms with Gasteiger partial charge in [0.05, 0.1) is 0 Å². The van der Waals surface area contributed by atoms with Gasteiger partial charge in [0, 0.05) is 19.7 Å². The minimum Gasteiger partial charge on any atom is -0.350 e. The van der Waals surface area contributed by atoms with Crippen LogP contribution in [0.1, 0.15) is 66.4 Å². The Morgan fingerprint density at radius 2 is 2.11 bits per heavy atom. The molecule has 0 aliphatic heterocycles. The molecule has 1 N–H and O–H groups in total. The highest BCUT2D eigenvalue weighted by molar-refractivity contribution is 5.95. The SMILES string of the molecule is CC(=O)c1cn2c(C(=O)NCC34CC5CC6CC(C3)C6(C5)C4)cccc2n1. The smallest absolute Gasteiger partial charge is 0.268 e. The van der Waals surface area contributed by atoms with Gasteiger partial charge in [0.25, 0.3) is 5.91 Å². The molecule has 2 aromatic rings. The zero-order valence-electron chi connectivity index (χ0n) is 15.7. The van der Waals surface area contributed by atoms with E-state index in [9.17, 15) is 9.59 Å². The molecule has 4 aliphatic carbocycles. The van der Waals surface area contributed by atoms with Crippen LogP contribution in [0.4, 0.5) is 0 Å². The van der Waals surface area contributed by atoms with Gasteiger partial charge in [-0.25, -0.2) is 4.98 Å². The fourth-order valence-electron chi connectivity index (χ4n) is 7.47. The van der Waals surface area contributed by atoms with Crippen molar-refractivity contribution in [1.82, 2.24) is 14.7 Å². The summed E-state index contributed by atoms with van der Waals surface area (Å²) >= 11 is 0. The largest absolute Gasteiger partial charge is 0.350 e. The lowest BCUT2D eigenvalue weighted by Crippen LogP contribution is -2.43. The van der Waals surface area contributed by atoms with Gasteiger partial charge in [-0.05, 0) is 79.2 Å². The van der Waals surface area contributed by atoms with Crippen LogP contribution >= 0.6 is 0 Å². The molecule has 4 saturated carbocycles. The minimum atomic E-state index is -0.0862. The lowest BCUT2D eigenvalue weighted by molar-refractivity contribution is -0.00254. The number of hydrogen-bond donors (Lipinski definition) is 1. The van der Waals surface area contributed by atoms with Crippen molar-refractivity contribution in [3.8, 4) is 0 Å². The molecule has 5 heteroatoms. The Hall–Kier alpha value is -2.17. The van der Waals surface area contributed by atoms with Crippen LogP contribution < -0.4 is 5.32 Å². The summed E-state index contributed by atoms with van der Waals surface area (Å²) in [6, 6.07) is 5.47. The van der Waals surface area contributed by atoms with Crippen molar-refractivity contribution in [1.29, 1.82) is 0 Å². The van der Waals surface area contributed by atoms with Crippen LogP contribution in [0, 0.1) is 28.6 Å². The maximum absolute atomic E-state index is 13.0. The summed E-state index contributed by atoms with van der Waals surface area (Å²) in [5, 5.41) is 3.25. The van der Waals surface area contributed by atoms with Gasteiger partial charge in [0.2, 0.25) is 0 Å². The lowest BCUT2D eigenvalue weighted by atomic mass is 9.55. The van der Waals surface area contributed by atoms with Crippen LogP contribution in [0.3, 0.4) is 0 Å². The molecule has 5 nitrogen and oxygen atoms in total. The molecule has 2 heterocycles. The van der Waals surface area contributed by atoms with Crippen molar-refractivity contribution in [2.24, 2.45) is 28.6 Å². The molecule has 4 aliphatic rings. The zero-order chi connectivity index (χ0) is 18.4. The molecule has 6 rings (SSSR count). The van der Waals surface area contributed by atoms with Gasteiger partial charge >= 0.3 is 0 Å². The number of pyridine rings is 1. The van der Waals surface area contributed by atoms with Crippen LogP contribution in [0.5, 0.6) is 0 Å². The molecule has 4 fully saturated rings. The van der Waals surface area contributed by atoms with Crippen molar-refractivity contribution in [3.63, 3.8) is 0 Å². The van der Waals surface area contributed by atoms with Crippen LogP contribution in [0.15, 0.2) is 24.4 Å². The summed E-state index contributed by atoms with van der Waals surface area (Å²) in [7, 11) is 0. The van der Waals surface area contributed by atoms with E-state index in [-0.39, 0.29) is 11.7 Å². The van der Waals surface area contributed by atoms with Crippen molar-refractivity contribution in [2.45, 2.75) is 45.4 Å². The average Bonchev–Trinajstić information content (AvgIpc) is 3.21. The third kappa shape index (κ3) is 2.03. The van der Waals surface area contributed by atoms with Gasteiger partial charge in [0.15, 0.2) is 5.78 Å². The standard InChI is InChI=1S/C22H25N3O2/c1-13(26)17-10-25-18(3-2-4-19(25)24-17)20(27)23-12-21-7-14-5-15-6-16(9-21)22(15,8-14)11-21/h2-4,10,14-16H,5-9,11-12H2,1H3,(H,23,27). The molecule has 5 unspecified atom stereocenters. The van der Waals surface area contributed by atoms with E-state index in [2.05, 4.69) is 10.3 Å². The van der Waals surface area contributed by atoms with Gasteiger partial charge in [-0.15, -0.1) is 0 Å². The Morgan fingerprint density at radius 1 is 1.22 bits per heavy atom. The second-order valence-electron chi connectivity index (χ2n) is 9.76. The van der Waals surface area contributed by atoms with E-state index in [0.717, 1.165) is 24.3 Å². The van der Waals surface area contributed by atoms with Gasteiger partial charge in [-0.1, -0.05) is 6.07 Å². The molecule has 1 spiro atoms. The van der Waals surface area contributed by atoms with E-state index in [1.807, 2.05) is 18.2 Å². The number of nitrogens with one attached hydrogen (secondary N) is 1. The normalized spacial score (nSPS) is 38.0. The van der Waals surface area contributed by atoms with E-state index in [1.165, 1.54) is 45.4 Å². The van der Waals surface area contributed by atoms with Gasteiger partial charge < -0.3 is 5.32 Å². The third-order valence-electron chi connectivity index (χ3n) is 8.30. The second-order valence-corrected chi connectivity index (χ2v) is 9.76. The van der Waals surface area contributed by atoms with Crippen LogP contribution in [0.2, 0.25) is 0 Å². The van der Waals surface area contributed by atoms with E-state index in [4.69, 9.17) is 0 Å². The fraction of sp³-hybridized carbons (Fsp3) is 0.591. The maximum atomic E-state index is 13.0. The minimum absolute atomic E-state index is 0.0614. The van der Waals surface area contributed by atoms with Crippen molar-refractivity contribution >= 4 is 17.3 Å². The van der Waals surface area contributed by atoms with Gasteiger partial charge in [0.1, 0.15) is 17.0 Å². The first kappa shape index (κ1) is 15.8. The van der Waals surface area contributed by atoms with E-state index < -0.39 is 0 Å². The van der Waals surface area contributed by atoms with Crippen LogP contribution in [-0.4, -0.2) is 27.6 Å². The first-order chi connectivity index (χ1) is 13.0. The Morgan fingerprint density at radius 3 is 2.96 bits per heavy atom. The number of rotatable bonds is 4. The molecule has 0 radical (unpaired) electrons. The molecular weight excluding hydrogens is 338 g/mol. The van der Waals surface area contributed by atoms with E-state index >= 15 is 0 Å². The van der Waals surface area contributed by atoms with E-state index in [0.29, 0.717) is 27.9 Å². The molecular formula is C22H25N3O2. The lowest BCUT2D eigenvalue weighted by Gasteiger charge is -2.49. The summed E-state index contributed by atoms with van der Waals surface area (Å²) < 4.78 is 1.74. The summed E-state index contributed by atoms with van der Waals surface area (Å²) in [5.41, 5.74) is 2.56. The molecule has 0 saturated heterocycles. The molecule has 27 heavy (non-hydrogen) atoms. The molecule has 2 aromatic heterocycles. The van der Waals surface area contributed by atoms with Gasteiger partial charge in [-0.3, -0.25) is 14.0 Å². The third-order valence-corrected chi connectivity index (χ3v) is 8.30. The average molecular weight is 363 g/mol. The number of hydrogen-bond acceptors (Lipinski definition) is 3. The Kier molecular flexibility index (Phi) is 2.94. The summed E-state index contributed by atoms with van der Waals surface area (Å²) in [5.74, 6) is 2.65. The zero-order valence-corrected chi connectivity index (χ0v) is 15.7. The first-order valence-electron chi connectivity index (χ1n) is 10.3. The topological polar surface area (TPSA) is 63.5 Å². The second kappa shape index (κ2) is 5.00. The van der Waals surface area contributed by atoms with Crippen LogP contribution in [0.25, 0.3) is 5.65 Å². The molecule has 1 amide bonds.